The normalized spacial score (nSPS) is 46.3. The Morgan fingerprint density at radius 3 is 2.33 bits per heavy atom. The van der Waals surface area contributed by atoms with Gasteiger partial charge in [-0.1, -0.05) is 59.3 Å². The highest BCUT2D eigenvalue weighted by Crippen LogP contribution is 2.75. The third-order valence-corrected chi connectivity index (χ3v) is 14.1. The van der Waals surface area contributed by atoms with Crippen LogP contribution in [0.3, 0.4) is 0 Å². The Kier molecular flexibility index (Phi) is 7.52. The topological polar surface area (TPSA) is 89.9 Å². The minimum absolute atomic E-state index is 0.0172. The van der Waals surface area contributed by atoms with Crippen LogP contribution in [0.2, 0.25) is 0 Å². The van der Waals surface area contributed by atoms with Gasteiger partial charge in [0.15, 0.2) is 0 Å². The minimum Gasteiger partial charge on any atom is -0.468 e. The minimum atomic E-state index is -0.906. The third-order valence-electron chi connectivity index (χ3n) is 14.1. The van der Waals surface area contributed by atoms with E-state index in [1.165, 1.54) is 12.7 Å². The van der Waals surface area contributed by atoms with Crippen molar-refractivity contribution in [2.45, 2.75) is 119 Å². The number of Topliss-reactive ketones (excluding diaryl/α,β-unsaturated/α-hetero) is 1. The Labute approximate surface area is 253 Å². The van der Waals surface area contributed by atoms with Crippen LogP contribution in [0.5, 0.6) is 0 Å². The molecule has 5 aliphatic carbocycles. The second-order valence-corrected chi connectivity index (χ2v) is 16.3. The molecule has 4 fully saturated rings. The zero-order chi connectivity index (χ0) is 31.1. The fraction of sp³-hybridized carbons (Fsp3) is 0.806. The van der Waals surface area contributed by atoms with Crippen LogP contribution in [0.25, 0.3) is 0 Å². The van der Waals surface area contributed by atoms with E-state index in [9.17, 15) is 19.5 Å². The van der Waals surface area contributed by atoms with E-state index in [1.54, 1.807) is 13.0 Å². The molecule has 0 aromatic rings. The smallest absolute Gasteiger partial charge is 0.333 e. The number of carbonyl (C=O) groups is 3. The summed E-state index contributed by atoms with van der Waals surface area (Å²) in [7, 11) is 1.47. The van der Waals surface area contributed by atoms with Gasteiger partial charge in [0.25, 0.3) is 0 Å². The summed E-state index contributed by atoms with van der Waals surface area (Å²) in [5, 5.41) is 10.5. The second kappa shape index (κ2) is 10.0. The van der Waals surface area contributed by atoms with Crippen LogP contribution >= 0.6 is 0 Å². The number of carbonyl (C=O) groups excluding carboxylic acids is 3. The van der Waals surface area contributed by atoms with Gasteiger partial charge >= 0.3 is 11.9 Å². The van der Waals surface area contributed by atoms with Crippen molar-refractivity contribution >= 4 is 17.7 Å². The zero-order valence-corrected chi connectivity index (χ0v) is 27.5. The van der Waals surface area contributed by atoms with Crippen molar-refractivity contribution in [2.75, 3.05) is 13.7 Å². The molecule has 1 N–H and O–H groups in total. The molecule has 0 saturated heterocycles. The molecule has 6 heteroatoms. The standard InChI is InChI=1S/C36H54O6/c1-10-22(2)29(39)42-28-20-31(3,4)19-24-23-11-12-26-32(5)15-14-27(38)33(6,21-37)25(32)13-16-35(26,8)34(23,7)17-18-36(24,28)30(40)41-9/h10-11,24-26,28,37H,12-21H2,1-9H3/b22-10-/t24-,25+,26+,28+,32-,33+,34+,35+,36-/m0/s1. The predicted molar refractivity (Wildman–Crippen MR) is 162 cm³/mol. The van der Waals surface area contributed by atoms with Crippen molar-refractivity contribution in [2.24, 2.45) is 50.2 Å². The molecule has 0 bridgehead atoms. The van der Waals surface area contributed by atoms with Crippen LogP contribution in [0.4, 0.5) is 0 Å². The average Bonchev–Trinajstić information content (AvgIpc) is 2.94. The molecule has 4 saturated carbocycles. The molecular weight excluding hydrogens is 528 g/mol. The van der Waals surface area contributed by atoms with Crippen molar-refractivity contribution in [1.29, 1.82) is 0 Å². The fourth-order valence-corrected chi connectivity index (χ4v) is 11.3. The number of hydrogen-bond donors (Lipinski definition) is 1. The number of aliphatic hydroxyl groups excluding tert-OH is 1. The predicted octanol–water partition coefficient (Wildman–Crippen LogP) is 6.99. The number of hydrogen-bond acceptors (Lipinski definition) is 6. The second-order valence-electron chi connectivity index (χ2n) is 16.3. The first-order chi connectivity index (χ1) is 19.5. The molecule has 6 nitrogen and oxygen atoms in total. The lowest BCUT2D eigenvalue weighted by Gasteiger charge is -2.71. The van der Waals surface area contributed by atoms with E-state index < -0.39 is 16.9 Å². The van der Waals surface area contributed by atoms with Gasteiger partial charge in [-0.25, -0.2) is 4.79 Å². The molecule has 0 aromatic carbocycles. The van der Waals surface area contributed by atoms with Gasteiger partial charge in [0, 0.05) is 17.9 Å². The Balaban J connectivity index is 1.62. The van der Waals surface area contributed by atoms with Gasteiger partial charge in [-0.15, -0.1) is 0 Å². The highest BCUT2D eigenvalue weighted by Gasteiger charge is 2.71. The summed E-state index contributed by atoms with van der Waals surface area (Å²) in [6, 6.07) is 0. The van der Waals surface area contributed by atoms with Crippen molar-refractivity contribution < 1.29 is 29.0 Å². The van der Waals surface area contributed by atoms with Crippen LogP contribution in [-0.2, 0) is 23.9 Å². The monoisotopic (exact) mass is 582 g/mol. The van der Waals surface area contributed by atoms with Gasteiger partial charge in [0.2, 0.25) is 0 Å². The number of ether oxygens (including phenoxy) is 2. The first-order valence-electron chi connectivity index (χ1n) is 16.3. The summed E-state index contributed by atoms with van der Waals surface area (Å²) < 4.78 is 11.8. The van der Waals surface area contributed by atoms with E-state index in [0.29, 0.717) is 30.8 Å². The molecule has 5 aliphatic rings. The summed E-state index contributed by atoms with van der Waals surface area (Å²) in [5.41, 5.74) is -0.00102. The maximum Gasteiger partial charge on any atom is 0.333 e. The Hall–Kier alpha value is -1.95. The lowest BCUT2D eigenvalue weighted by molar-refractivity contribution is -0.209. The summed E-state index contributed by atoms with van der Waals surface area (Å²) in [4.78, 5) is 40.2. The Morgan fingerprint density at radius 1 is 1.02 bits per heavy atom. The highest BCUT2D eigenvalue weighted by molar-refractivity contribution is 5.88. The highest BCUT2D eigenvalue weighted by atomic mass is 16.6. The average molecular weight is 583 g/mol. The number of methoxy groups -OCH3 is 1. The number of aliphatic hydroxyl groups is 1. The first kappa shape index (κ1) is 31.5. The van der Waals surface area contributed by atoms with Crippen LogP contribution in [0.15, 0.2) is 23.3 Å². The zero-order valence-electron chi connectivity index (χ0n) is 27.5. The molecule has 234 valence electrons. The molecule has 0 spiro atoms. The van der Waals surface area contributed by atoms with Gasteiger partial charge in [0.05, 0.1) is 19.1 Å². The summed E-state index contributed by atoms with van der Waals surface area (Å²) >= 11 is 0. The molecular formula is C36H54O6. The van der Waals surface area contributed by atoms with Gasteiger partial charge < -0.3 is 14.6 Å². The molecule has 0 aromatic heterocycles. The van der Waals surface area contributed by atoms with E-state index >= 15 is 0 Å². The van der Waals surface area contributed by atoms with E-state index in [2.05, 4.69) is 40.7 Å². The molecule has 42 heavy (non-hydrogen) atoms. The molecule has 0 heterocycles. The quantitative estimate of drug-likeness (QED) is 0.218. The van der Waals surface area contributed by atoms with E-state index in [1.807, 2.05) is 13.8 Å². The SMILES string of the molecule is C/C=C(/C)C(=O)O[C@@H]1CC(C)(C)C[C@H]2C3=CC[C@@H]4[C@@]5(C)CCC(=O)[C@](C)(CO)[C@@H]5CC[C@@]4(C)[C@]3(C)CC[C@@]12C(=O)OC. The van der Waals surface area contributed by atoms with Crippen LogP contribution in [0.1, 0.15) is 113 Å². The first-order valence-corrected chi connectivity index (χ1v) is 16.3. The molecule has 0 unspecified atom stereocenters. The number of esters is 2. The third kappa shape index (κ3) is 4.02. The molecule has 0 amide bonds. The Morgan fingerprint density at radius 2 is 1.71 bits per heavy atom. The van der Waals surface area contributed by atoms with E-state index in [0.717, 1.165) is 38.5 Å². The number of allylic oxidation sites excluding steroid dienone is 3. The summed E-state index contributed by atoms with van der Waals surface area (Å²) in [6.07, 6.45) is 10.8. The molecule has 9 atom stereocenters. The lowest BCUT2D eigenvalue weighted by atomic mass is 9.33. The van der Waals surface area contributed by atoms with Gasteiger partial charge in [0.1, 0.15) is 17.3 Å². The largest absolute Gasteiger partial charge is 0.468 e. The number of rotatable bonds is 4. The molecule has 0 radical (unpaired) electrons. The maximum atomic E-state index is 14.0. The van der Waals surface area contributed by atoms with E-state index in [-0.39, 0.29) is 57.8 Å². The fourth-order valence-electron chi connectivity index (χ4n) is 11.3. The van der Waals surface area contributed by atoms with Gasteiger partial charge in [-0.2, -0.15) is 0 Å². The van der Waals surface area contributed by atoms with Crippen LogP contribution in [-0.4, -0.2) is 42.6 Å². The molecule has 0 aliphatic heterocycles. The molecule has 5 rings (SSSR count). The van der Waals surface area contributed by atoms with Crippen LogP contribution in [0, 0.1) is 50.2 Å². The van der Waals surface area contributed by atoms with Crippen molar-refractivity contribution in [3.05, 3.63) is 23.3 Å². The van der Waals surface area contributed by atoms with E-state index in [4.69, 9.17) is 9.47 Å². The van der Waals surface area contributed by atoms with Crippen molar-refractivity contribution in [3.8, 4) is 0 Å². The van der Waals surface area contributed by atoms with Gasteiger partial charge in [-0.3, -0.25) is 9.59 Å². The van der Waals surface area contributed by atoms with Crippen LogP contribution < -0.4 is 0 Å². The van der Waals surface area contributed by atoms with Gasteiger partial charge in [-0.05, 0) is 98.7 Å². The number of ketones is 1. The Bertz CT molecular complexity index is 1230. The van der Waals surface area contributed by atoms with Crippen molar-refractivity contribution in [1.82, 2.24) is 0 Å². The lowest BCUT2D eigenvalue weighted by Crippen LogP contribution is -2.67. The number of fused-ring (bicyclic) bond motifs is 7. The maximum absolute atomic E-state index is 14.0. The van der Waals surface area contributed by atoms with Crippen molar-refractivity contribution in [3.63, 3.8) is 0 Å². The summed E-state index contributed by atoms with van der Waals surface area (Å²) in [5.74, 6) is 0.0743. The summed E-state index contributed by atoms with van der Waals surface area (Å²) in [6.45, 7) is 17.3.